The second kappa shape index (κ2) is 7.09. The van der Waals surface area contributed by atoms with E-state index in [4.69, 9.17) is 15.2 Å². The van der Waals surface area contributed by atoms with Gasteiger partial charge in [-0.3, -0.25) is 0 Å². The summed E-state index contributed by atoms with van der Waals surface area (Å²) in [7, 11) is 3.09. The number of ether oxygens (including phenoxy) is 2. The molecule has 0 saturated heterocycles. The van der Waals surface area contributed by atoms with Crippen LogP contribution in [0.3, 0.4) is 0 Å². The molecule has 2 rings (SSSR count). The van der Waals surface area contributed by atoms with E-state index in [1.807, 2.05) is 30.3 Å². The summed E-state index contributed by atoms with van der Waals surface area (Å²) in [6.07, 6.45) is 1.32. The van der Waals surface area contributed by atoms with Gasteiger partial charge in [0.2, 0.25) is 0 Å². The van der Waals surface area contributed by atoms with E-state index in [9.17, 15) is 4.39 Å². The summed E-state index contributed by atoms with van der Waals surface area (Å²) in [6, 6.07) is 12.7. The number of rotatable bonds is 6. The Morgan fingerprint density at radius 2 is 1.71 bits per heavy atom. The third kappa shape index (κ3) is 4.20. The minimum absolute atomic E-state index is 0.0788. The van der Waals surface area contributed by atoms with Gasteiger partial charge in [0.15, 0.2) is 11.6 Å². The van der Waals surface area contributed by atoms with E-state index in [1.54, 1.807) is 13.2 Å². The van der Waals surface area contributed by atoms with Crippen molar-refractivity contribution in [3.05, 3.63) is 59.4 Å². The maximum absolute atomic E-state index is 13.6. The lowest BCUT2D eigenvalue weighted by molar-refractivity contribution is 0.386. The number of methoxy groups -OCH3 is 2. The van der Waals surface area contributed by atoms with Crippen molar-refractivity contribution in [1.29, 1.82) is 0 Å². The molecule has 0 fully saturated rings. The molecule has 0 aliphatic carbocycles. The molecular weight excluding hydrogens is 269 g/mol. The minimum atomic E-state index is -0.358. The summed E-state index contributed by atoms with van der Waals surface area (Å²) in [4.78, 5) is 0. The van der Waals surface area contributed by atoms with E-state index in [0.29, 0.717) is 12.8 Å². The molecule has 0 heterocycles. The highest BCUT2D eigenvalue weighted by Gasteiger charge is 2.09. The zero-order valence-electron chi connectivity index (χ0n) is 12.3. The van der Waals surface area contributed by atoms with Gasteiger partial charge >= 0.3 is 0 Å². The topological polar surface area (TPSA) is 44.5 Å². The second-order valence-electron chi connectivity index (χ2n) is 4.99. The molecule has 0 radical (unpaired) electrons. The molecule has 3 nitrogen and oxygen atoms in total. The van der Waals surface area contributed by atoms with Gasteiger partial charge in [-0.1, -0.05) is 18.2 Å². The van der Waals surface area contributed by atoms with Gasteiger partial charge in [-0.05, 0) is 48.2 Å². The number of hydrogen-bond acceptors (Lipinski definition) is 3. The molecule has 2 aromatic rings. The monoisotopic (exact) mass is 289 g/mol. The fourth-order valence-electron chi connectivity index (χ4n) is 2.31. The van der Waals surface area contributed by atoms with Crippen molar-refractivity contribution in [2.24, 2.45) is 5.73 Å². The summed E-state index contributed by atoms with van der Waals surface area (Å²) in [5.74, 6) is 0.707. The molecule has 4 heteroatoms. The van der Waals surface area contributed by atoms with Gasteiger partial charge in [0.1, 0.15) is 5.75 Å². The van der Waals surface area contributed by atoms with E-state index in [0.717, 1.165) is 16.9 Å². The predicted octanol–water partition coefficient (Wildman–Crippen LogP) is 2.96. The van der Waals surface area contributed by atoms with E-state index >= 15 is 0 Å². The maximum Gasteiger partial charge on any atom is 0.165 e. The van der Waals surface area contributed by atoms with Crippen molar-refractivity contribution < 1.29 is 13.9 Å². The zero-order chi connectivity index (χ0) is 15.2. The Morgan fingerprint density at radius 3 is 2.33 bits per heavy atom. The smallest absolute Gasteiger partial charge is 0.165 e. The highest BCUT2D eigenvalue weighted by Crippen LogP contribution is 2.19. The van der Waals surface area contributed by atoms with Crippen molar-refractivity contribution in [3.63, 3.8) is 0 Å². The Balaban J connectivity index is 2.00. The second-order valence-corrected chi connectivity index (χ2v) is 4.99. The lowest BCUT2D eigenvalue weighted by Crippen LogP contribution is -2.25. The number of nitrogens with two attached hydrogens (primary N) is 1. The molecule has 0 saturated carbocycles. The van der Waals surface area contributed by atoms with Gasteiger partial charge in [-0.2, -0.15) is 0 Å². The van der Waals surface area contributed by atoms with Crippen molar-refractivity contribution in [1.82, 2.24) is 0 Å². The van der Waals surface area contributed by atoms with Crippen molar-refractivity contribution in [2.75, 3.05) is 14.2 Å². The van der Waals surface area contributed by atoms with Gasteiger partial charge in [0, 0.05) is 6.04 Å². The average Bonchev–Trinajstić information content (AvgIpc) is 2.47. The molecule has 0 aliphatic rings. The Labute approximate surface area is 124 Å². The number of hydrogen-bond donors (Lipinski definition) is 1. The Hall–Kier alpha value is -2.07. The van der Waals surface area contributed by atoms with E-state index in [-0.39, 0.29) is 17.6 Å². The lowest BCUT2D eigenvalue weighted by Gasteiger charge is -2.13. The molecule has 0 spiro atoms. The summed E-state index contributed by atoms with van der Waals surface area (Å²) in [6.45, 7) is 0. The van der Waals surface area contributed by atoms with Crippen LogP contribution in [0, 0.1) is 5.82 Å². The lowest BCUT2D eigenvalue weighted by atomic mass is 9.99. The molecular formula is C17H20FNO2. The first-order chi connectivity index (χ1) is 10.1. The van der Waals surface area contributed by atoms with Crippen LogP contribution < -0.4 is 15.2 Å². The fraction of sp³-hybridized carbons (Fsp3) is 0.294. The van der Waals surface area contributed by atoms with Crippen LogP contribution >= 0.6 is 0 Å². The minimum Gasteiger partial charge on any atom is -0.497 e. The first-order valence-corrected chi connectivity index (χ1v) is 6.83. The molecule has 0 aromatic heterocycles. The van der Waals surface area contributed by atoms with Crippen molar-refractivity contribution in [2.45, 2.75) is 18.9 Å². The van der Waals surface area contributed by atoms with Crippen LogP contribution in [0.5, 0.6) is 11.5 Å². The molecule has 1 atom stereocenters. The zero-order valence-corrected chi connectivity index (χ0v) is 12.3. The van der Waals surface area contributed by atoms with E-state index < -0.39 is 0 Å². The van der Waals surface area contributed by atoms with Crippen LogP contribution in [0.25, 0.3) is 0 Å². The third-order valence-corrected chi connectivity index (χ3v) is 3.35. The van der Waals surface area contributed by atoms with Crippen LogP contribution in [-0.4, -0.2) is 20.3 Å². The van der Waals surface area contributed by atoms with Crippen LogP contribution in [-0.2, 0) is 12.8 Å². The molecule has 0 aliphatic heterocycles. The van der Waals surface area contributed by atoms with Crippen LogP contribution in [0.4, 0.5) is 4.39 Å². The number of benzene rings is 2. The quantitative estimate of drug-likeness (QED) is 0.889. The summed E-state index contributed by atoms with van der Waals surface area (Å²) in [5, 5.41) is 0. The van der Waals surface area contributed by atoms with Gasteiger partial charge in [-0.15, -0.1) is 0 Å². The Kier molecular flexibility index (Phi) is 5.17. The standard InChI is InChI=1S/C17H20FNO2/c1-20-15-5-3-4-12(10-15)8-14(19)9-13-6-7-17(21-2)16(18)11-13/h3-7,10-11,14H,8-9,19H2,1-2H3. The van der Waals surface area contributed by atoms with Crippen LogP contribution in [0.15, 0.2) is 42.5 Å². The predicted molar refractivity (Wildman–Crippen MR) is 81.3 cm³/mol. The highest BCUT2D eigenvalue weighted by atomic mass is 19.1. The van der Waals surface area contributed by atoms with Gasteiger partial charge < -0.3 is 15.2 Å². The Morgan fingerprint density at radius 1 is 1.00 bits per heavy atom. The largest absolute Gasteiger partial charge is 0.497 e. The molecule has 112 valence electrons. The van der Waals surface area contributed by atoms with E-state index in [2.05, 4.69) is 0 Å². The Bertz CT molecular complexity index is 601. The highest BCUT2D eigenvalue weighted by molar-refractivity contribution is 5.31. The normalized spacial score (nSPS) is 12.0. The molecule has 2 aromatic carbocycles. The summed E-state index contributed by atoms with van der Waals surface area (Å²) >= 11 is 0. The molecule has 21 heavy (non-hydrogen) atoms. The molecule has 1 unspecified atom stereocenters. The van der Waals surface area contributed by atoms with Gasteiger partial charge in [0.05, 0.1) is 14.2 Å². The first kappa shape index (κ1) is 15.3. The van der Waals surface area contributed by atoms with Crippen LogP contribution in [0.2, 0.25) is 0 Å². The third-order valence-electron chi connectivity index (χ3n) is 3.35. The fourth-order valence-corrected chi connectivity index (χ4v) is 2.31. The van der Waals surface area contributed by atoms with Gasteiger partial charge in [0.25, 0.3) is 0 Å². The summed E-state index contributed by atoms with van der Waals surface area (Å²) < 4.78 is 23.7. The van der Waals surface area contributed by atoms with Gasteiger partial charge in [-0.25, -0.2) is 4.39 Å². The molecule has 2 N–H and O–H groups in total. The summed E-state index contributed by atoms with van der Waals surface area (Å²) in [5.41, 5.74) is 8.13. The maximum atomic E-state index is 13.6. The van der Waals surface area contributed by atoms with Crippen molar-refractivity contribution >= 4 is 0 Å². The average molecular weight is 289 g/mol. The first-order valence-electron chi connectivity index (χ1n) is 6.83. The molecule has 0 bridgehead atoms. The number of halogens is 1. The van der Waals surface area contributed by atoms with Crippen molar-refractivity contribution in [3.8, 4) is 11.5 Å². The SMILES string of the molecule is COc1cccc(CC(N)Cc2ccc(OC)c(F)c2)c1. The molecule has 0 amide bonds. The van der Waals surface area contributed by atoms with E-state index in [1.165, 1.54) is 13.2 Å². The van der Waals surface area contributed by atoms with Crippen LogP contribution in [0.1, 0.15) is 11.1 Å².